The van der Waals surface area contributed by atoms with Crippen molar-refractivity contribution in [2.45, 2.75) is 0 Å². The summed E-state index contributed by atoms with van der Waals surface area (Å²) in [5, 5.41) is 14.6. The van der Waals surface area contributed by atoms with Crippen molar-refractivity contribution in [1.29, 1.82) is 0 Å². The summed E-state index contributed by atoms with van der Waals surface area (Å²) < 4.78 is 4.79. The molecule has 0 amide bonds. The molecule has 1 N–H and O–H groups in total. The molecule has 1 aromatic heterocycles. The number of hydrogen-bond acceptors (Lipinski definition) is 5. The lowest BCUT2D eigenvalue weighted by molar-refractivity contribution is 0.317. The summed E-state index contributed by atoms with van der Waals surface area (Å²) in [5.74, 6) is 0.380. The average Bonchev–Trinajstić information content (AvgIpc) is 2.78. The lowest BCUT2D eigenvalue weighted by atomic mass is 10.2. The predicted octanol–water partition coefficient (Wildman–Crippen LogP) is 2.11. The summed E-state index contributed by atoms with van der Waals surface area (Å²) in [6.07, 6.45) is 0. The fourth-order valence-electron chi connectivity index (χ4n) is 1.05. The van der Waals surface area contributed by atoms with Crippen LogP contribution in [0.15, 0.2) is 40.0 Å². The van der Waals surface area contributed by atoms with E-state index in [0.717, 1.165) is 5.56 Å². The minimum atomic E-state index is -0.232. The molecule has 0 unspecified atom stereocenters. The van der Waals surface area contributed by atoms with E-state index >= 15 is 0 Å². The van der Waals surface area contributed by atoms with Gasteiger partial charge in [-0.2, -0.15) is 4.98 Å². The maximum atomic E-state index is 8.40. The standard InChI is InChI=1S/C9H6ClN3O2/c10-7(12-14)9-11-8(13-15-9)6-4-2-1-3-5-6/h1-5,14H/b12-7-. The first-order valence-corrected chi connectivity index (χ1v) is 4.46. The number of nitrogens with zero attached hydrogens (tertiary/aromatic N) is 3. The van der Waals surface area contributed by atoms with E-state index in [-0.39, 0.29) is 11.1 Å². The van der Waals surface area contributed by atoms with Crippen LogP contribution in [0.1, 0.15) is 5.89 Å². The number of rotatable bonds is 2. The van der Waals surface area contributed by atoms with Gasteiger partial charge in [0.05, 0.1) is 0 Å². The number of benzene rings is 1. The Morgan fingerprint density at radius 2 is 2.07 bits per heavy atom. The van der Waals surface area contributed by atoms with E-state index < -0.39 is 0 Å². The van der Waals surface area contributed by atoms with Gasteiger partial charge in [-0.25, -0.2) is 0 Å². The van der Waals surface area contributed by atoms with E-state index in [4.69, 9.17) is 21.3 Å². The zero-order valence-corrected chi connectivity index (χ0v) is 8.22. The highest BCUT2D eigenvalue weighted by Gasteiger charge is 2.12. The van der Waals surface area contributed by atoms with Crippen molar-refractivity contribution in [3.05, 3.63) is 36.2 Å². The Bertz CT molecular complexity index is 481. The van der Waals surface area contributed by atoms with Crippen molar-refractivity contribution in [3.63, 3.8) is 0 Å². The van der Waals surface area contributed by atoms with E-state index in [0.29, 0.717) is 5.82 Å². The second-order valence-electron chi connectivity index (χ2n) is 2.68. The summed E-state index contributed by atoms with van der Waals surface area (Å²) in [4.78, 5) is 3.95. The second-order valence-corrected chi connectivity index (χ2v) is 3.04. The molecule has 2 aromatic rings. The molecular weight excluding hydrogens is 218 g/mol. The van der Waals surface area contributed by atoms with E-state index in [1.54, 1.807) is 0 Å². The van der Waals surface area contributed by atoms with Crippen molar-refractivity contribution >= 4 is 16.8 Å². The van der Waals surface area contributed by atoms with Crippen molar-refractivity contribution in [2.24, 2.45) is 5.16 Å². The number of halogens is 1. The normalized spacial score (nSPS) is 11.7. The lowest BCUT2D eigenvalue weighted by Crippen LogP contribution is -1.90. The molecule has 0 aliphatic carbocycles. The Balaban J connectivity index is 2.36. The van der Waals surface area contributed by atoms with Gasteiger partial charge in [-0.1, -0.05) is 52.2 Å². The zero-order valence-electron chi connectivity index (χ0n) is 7.46. The van der Waals surface area contributed by atoms with Crippen LogP contribution in [0.3, 0.4) is 0 Å². The first-order chi connectivity index (χ1) is 7.31. The molecule has 6 heteroatoms. The van der Waals surface area contributed by atoms with Crippen LogP contribution in [0, 0.1) is 0 Å². The molecule has 1 aromatic carbocycles. The van der Waals surface area contributed by atoms with Gasteiger partial charge in [0.15, 0.2) is 0 Å². The SMILES string of the molecule is O/N=C(\Cl)c1nc(-c2ccccc2)no1. The summed E-state index contributed by atoms with van der Waals surface area (Å²) in [5.41, 5.74) is 0.801. The van der Waals surface area contributed by atoms with Crippen molar-refractivity contribution in [1.82, 2.24) is 10.1 Å². The summed E-state index contributed by atoms with van der Waals surface area (Å²) in [6, 6.07) is 9.25. The van der Waals surface area contributed by atoms with Gasteiger partial charge in [0, 0.05) is 5.56 Å². The maximum Gasteiger partial charge on any atom is 0.292 e. The predicted molar refractivity (Wildman–Crippen MR) is 53.9 cm³/mol. The first-order valence-electron chi connectivity index (χ1n) is 4.08. The van der Waals surface area contributed by atoms with Gasteiger partial charge in [-0.3, -0.25) is 0 Å². The topological polar surface area (TPSA) is 71.5 Å². The minimum absolute atomic E-state index is 0.0157. The van der Waals surface area contributed by atoms with Crippen LogP contribution >= 0.6 is 11.6 Å². The Morgan fingerprint density at radius 1 is 1.33 bits per heavy atom. The summed E-state index contributed by atoms with van der Waals surface area (Å²) in [7, 11) is 0. The van der Waals surface area contributed by atoms with Crippen LogP contribution in [0.25, 0.3) is 11.4 Å². The van der Waals surface area contributed by atoms with Gasteiger partial charge in [-0.15, -0.1) is 0 Å². The van der Waals surface area contributed by atoms with Crippen LogP contribution in [0.5, 0.6) is 0 Å². The second kappa shape index (κ2) is 4.10. The molecule has 0 saturated carbocycles. The average molecular weight is 224 g/mol. The minimum Gasteiger partial charge on any atom is -0.409 e. The van der Waals surface area contributed by atoms with Gasteiger partial charge in [0.25, 0.3) is 5.89 Å². The third kappa shape index (κ3) is 1.97. The van der Waals surface area contributed by atoms with Crippen molar-refractivity contribution < 1.29 is 9.73 Å². The summed E-state index contributed by atoms with van der Waals surface area (Å²) >= 11 is 5.50. The molecule has 0 fully saturated rings. The molecule has 0 aliphatic heterocycles. The Hall–Kier alpha value is -1.88. The molecule has 0 atom stereocenters. The third-order valence-electron chi connectivity index (χ3n) is 1.72. The van der Waals surface area contributed by atoms with Gasteiger partial charge >= 0.3 is 0 Å². The smallest absolute Gasteiger partial charge is 0.292 e. The molecule has 5 nitrogen and oxygen atoms in total. The Morgan fingerprint density at radius 3 is 2.73 bits per heavy atom. The van der Waals surface area contributed by atoms with Crippen LogP contribution in [-0.4, -0.2) is 20.5 Å². The monoisotopic (exact) mass is 223 g/mol. The Kier molecular flexibility index (Phi) is 2.64. The molecular formula is C9H6ClN3O2. The van der Waals surface area contributed by atoms with E-state index in [9.17, 15) is 0 Å². The molecule has 0 aliphatic rings. The number of hydrogen-bond donors (Lipinski definition) is 1. The highest BCUT2D eigenvalue weighted by Crippen LogP contribution is 2.15. The van der Waals surface area contributed by atoms with Crippen LogP contribution in [0.4, 0.5) is 0 Å². The van der Waals surface area contributed by atoms with Gasteiger partial charge < -0.3 is 9.73 Å². The molecule has 0 bridgehead atoms. The van der Waals surface area contributed by atoms with Crippen LogP contribution in [0.2, 0.25) is 0 Å². The zero-order chi connectivity index (χ0) is 10.7. The fraction of sp³-hybridized carbons (Fsp3) is 0. The molecule has 76 valence electrons. The van der Waals surface area contributed by atoms with Gasteiger partial charge in [-0.05, 0) is 0 Å². The van der Waals surface area contributed by atoms with Gasteiger partial charge in [0.2, 0.25) is 11.0 Å². The van der Waals surface area contributed by atoms with Crippen molar-refractivity contribution in [3.8, 4) is 11.4 Å². The molecule has 0 radical (unpaired) electrons. The third-order valence-corrected chi connectivity index (χ3v) is 1.96. The quantitative estimate of drug-likeness (QED) is 0.481. The number of aromatic nitrogens is 2. The molecule has 0 saturated heterocycles. The van der Waals surface area contributed by atoms with Crippen molar-refractivity contribution in [2.75, 3.05) is 0 Å². The molecule has 0 spiro atoms. The highest BCUT2D eigenvalue weighted by atomic mass is 35.5. The van der Waals surface area contributed by atoms with E-state index in [2.05, 4.69) is 15.3 Å². The van der Waals surface area contributed by atoms with Crippen LogP contribution in [-0.2, 0) is 0 Å². The largest absolute Gasteiger partial charge is 0.409 e. The van der Waals surface area contributed by atoms with Crippen LogP contribution < -0.4 is 0 Å². The number of oxime groups is 1. The highest BCUT2D eigenvalue weighted by molar-refractivity contribution is 6.68. The summed E-state index contributed by atoms with van der Waals surface area (Å²) in [6.45, 7) is 0. The lowest BCUT2D eigenvalue weighted by Gasteiger charge is -1.89. The molecule has 15 heavy (non-hydrogen) atoms. The maximum absolute atomic E-state index is 8.40. The van der Waals surface area contributed by atoms with E-state index in [1.165, 1.54) is 0 Å². The molecule has 1 heterocycles. The van der Waals surface area contributed by atoms with E-state index in [1.807, 2.05) is 30.3 Å². The molecule has 2 rings (SSSR count). The first kappa shape index (κ1) is 9.67. The fourth-order valence-corrected chi connectivity index (χ4v) is 1.13. The Labute approximate surface area is 90.0 Å². The van der Waals surface area contributed by atoms with Gasteiger partial charge in [0.1, 0.15) is 0 Å².